The van der Waals surface area contributed by atoms with Crippen LogP contribution in [-0.4, -0.2) is 20.1 Å². The molecule has 0 spiro atoms. The molecular weight excluding hydrogens is 180 g/mol. The van der Waals surface area contributed by atoms with Crippen molar-refractivity contribution < 1.29 is 9.53 Å². The molecule has 0 saturated carbocycles. The Bertz CT molecular complexity index is 337. The summed E-state index contributed by atoms with van der Waals surface area (Å²) in [5.41, 5.74) is 1.62. The maximum absolute atomic E-state index is 10.8. The fraction of sp³-hybridized carbons (Fsp3) is 0.300. The third kappa shape index (κ3) is 2.39. The topological polar surface area (TPSA) is 50.4 Å². The van der Waals surface area contributed by atoms with E-state index in [0.717, 1.165) is 11.4 Å². The third-order valence-electron chi connectivity index (χ3n) is 1.79. The van der Waals surface area contributed by atoms with Gasteiger partial charge in [0.05, 0.1) is 12.8 Å². The van der Waals surface area contributed by atoms with Gasteiger partial charge in [0.25, 0.3) is 0 Å². The van der Waals surface area contributed by atoms with Crippen LogP contribution in [0.2, 0.25) is 0 Å². The molecule has 0 saturated heterocycles. The Kier molecular flexibility index (Phi) is 3.34. The normalized spacial score (nSPS) is 9.36. The van der Waals surface area contributed by atoms with E-state index in [2.05, 4.69) is 10.6 Å². The fourth-order valence-electron chi connectivity index (χ4n) is 1.18. The molecule has 0 atom stereocenters. The summed E-state index contributed by atoms with van der Waals surface area (Å²) < 4.78 is 5.14. The zero-order valence-corrected chi connectivity index (χ0v) is 8.55. The van der Waals surface area contributed by atoms with E-state index in [1.807, 2.05) is 19.2 Å². The summed E-state index contributed by atoms with van der Waals surface area (Å²) in [6.07, 6.45) is 0. The van der Waals surface area contributed by atoms with Gasteiger partial charge in [0.2, 0.25) is 5.91 Å². The first-order valence-electron chi connectivity index (χ1n) is 4.30. The number of amides is 1. The van der Waals surface area contributed by atoms with E-state index in [-0.39, 0.29) is 5.91 Å². The zero-order chi connectivity index (χ0) is 10.6. The van der Waals surface area contributed by atoms with Crippen LogP contribution in [-0.2, 0) is 4.79 Å². The molecule has 1 rings (SSSR count). The molecule has 0 unspecified atom stereocenters. The van der Waals surface area contributed by atoms with E-state index in [1.54, 1.807) is 13.2 Å². The first kappa shape index (κ1) is 10.4. The molecule has 4 heteroatoms. The largest absolute Gasteiger partial charge is 0.495 e. The van der Waals surface area contributed by atoms with Crippen molar-refractivity contribution >= 4 is 17.3 Å². The molecular formula is C10H14N2O2. The molecule has 0 aliphatic carbocycles. The van der Waals surface area contributed by atoms with Crippen LogP contribution in [0.25, 0.3) is 0 Å². The van der Waals surface area contributed by atoms with Gasteiger partial charge in [-0.1, -0.05) is 0 Å². The molecule has 76 valence electrons. The van der Waals surface area contributed by atoms with E-state index < -0.39 is 0 Å². The van der Waals surface area contributed by atoms with E-state index in [4.69, 9.17) is 4.74 Å². The Morgan fingerprint density at radius 3 is 2.64 bits per heavy atom. The summed E-state index contributed by atoms with van der Waals surface area (Å²) >= 11 is 0. The standard InChI is InChI=1S/C10H14N2O2/c1-7(13)12-8-4-5-9(11-2)10(6-8)14-3/h4-6,11H,1-3H3,(H,12,13). The van der Waals surface area contributed by atoms with Crippen LogP contribution in [0.3, 0.4) is 0 Å². The maximum Gasteiger partial charge on any atom is 0.221 e. The van der Waals surface area contributed by atoms with Crippen LogP contribution in [0.15, 0.2) is 18.2 Å². The molecule has 1 aromatic rings. The van der Waals surface area contributed by atoms with Crippen molar-refractivity contribution in [2.24, 2.45) is 0 Å². The fourth-order valence-corrected chi connectivity index (χ4v) is 1.18. The van der Waals surface area contributed by atoms with Gasteiger partial charge in [0.15, 0.2) is 0 Å². The molecule has 14 heavy (non-hydrogen) atoms. The second-order valence-corrected chi connectivity index (χ2v) is 2.85. The Morgan fingerprint density at radius 2 is 2.14 bits per heavy atom. The van der Waals surface area contributed by atoms with Gasteiger partial charge >= 0.3 is 0 Å². The summed E-state index contributed by atoms with van der Waals surface area (Å²) in [6, 6.07) is 5.44. The summed E-state index contributed by atoms with van der Waals surface area (Å²) in [4.78, 5) is 10.8. The van der Waals surface area contributed by atoms with Gasteiger partial charge in [-0.05, 0) is 12.1 Å². The van der Waals surface area contributed by atoms with Gasteiger partial charge in [0, 0.05) is 25.7 Å². The molecule has 0 bridgehead atoms. The lowest BCUT2D eigenvalue weighted by atomic mass is 10.2. The lowest BCUT2D eigenvalue weighted by Gasteiger charge is -2.10. The van der Waals surface area contributed by atoms with Gasteiger partial charge in [-0.15, -0.1) is 0 Å². The SMILES string of the molecule is CNc1ccc(NC(C)=O)cc1OC. The molecule has 2 N–H and O–H groups in total. The number of hydrogen-bond donors (Lipinski definition) is 2. The summed E-state index contributed by atoms with van der Waals surface area (Å²) in [5, 5.41) is 5.67. The highest BCUT2D eigenvalue weighted by Crippen LogP contribution is 2.27. The minimum atomic E-state index is -0.0933. The van der Waals surface area contributed by atoms with Gasteiger partial charge in [-0.25, -0.2) is 0 Å². The number of carbonyl (C=O) groups excluding carboxylic acids is 1. The van der Waals surface area contributed by atoms with Crippen molar-refractivity contribution in [3.8, 4) is 5.75 Å². The predicted molar refractivity (Wildman–Crippen MR) is 56.8 cm³/mol. The molecule has 0 radical (unpaired) electrons. The number of anilines is 2. The van der Waals surface area contributed by atoms with Crippen molar-refractivity contribution in [3.63, 3.8) is 0 Å². The third-order valence-corrected chi connectivity index (χ3v) is 1.79. The number of ether oxygens (including phenoxy) is 1. The first-order chi connectivity index (χ1) is 6.67. The molecule has 0 heterocycles. The molecule has 1 amide bonds. The van der Waals surface area contributed by atoms with Crippen molar-refractivity contribution in [1.29, 1.82) is 0 Å². The second-order valence-electron chi connectivity index (χ2n) is 2.85. The number of rotatable bonds is 3. The molecule has 0 aliphatic heterocycles. The Balaban J connectivity index is 2.95. The van der Waals surface area contributed by atoms with Crippen molar-refractivity contribution in [2.75, 3.05) is 24.8 Å². The first-order valence-corrected chi connectivity index (χ1v) is 4.30. The summed E-state index contributed by atoms with van der Waals surface area (Å²) in [7, 11) is 3.41. The lowest BCUT2D eigenvalue weighted by molar-refractivity contribution is -0.114. The van der Waals surface area contributed by atoms with E-state index in [1.165, 1.54) is 6.92 Å². The minimum absolute atomic E-state index is 0.0933. The monoisotopic (exact) mass is 194 g/mol. The highest BCUT2D eigenvalue weighted by molar-refractivity contribution is 5.89. The van der Waals surface area contributed by atoms with Gasteiger partial charge < -0.3 is 15.4 Å². The van der Waals surface area contributed by atoms with Crippen LogP contribution in [0, 0.1) is 0 Å². The predicted octanol–water partition coefficient (Wildman–Crippen LogP) is 1.70. The zero-order valence-electron chi connectivity index (χ0n) is 8.55. The van der Waals surface area contributed by atoms with E-state index in [9.17, 15) is 4.79 Å². The van der Waals surface area contributed by atoms with Crippen LogP contribution < -0.4 is 15.4 Å². The van der Waals surface area contributed by atoms with E-state index >= 15 is 0 Å². The summed E-state index contributed by atoms with van der Waals surface area (Å²) in [5.74, 6) is 0.614. The summed E-state index contributed by atoms with van der Waals surface area (Å²) in [6.45, 7) is 1.47. The Hall–Kier alpha value is -1.71. The molecule has 0 fully saturated rings. The maximum atomic E-state index is 10.8. The Labute approximate surface area is 83.3 Å². The highest BCUT2D eigenvalue weighted by Gasteiger charge is 2.02. The second kappa shape index (κ2) is 4.50. The number of carbonyl (C=O) groups is 1. The smallest absolute Gasteiger partial charge is 0.221 e. The number of nitrogens with one attached hydrogen (secondary N) is 2. The highest BCUT2D eigenvalue weighted by atomic mass is 16.5. The lowest BCUT2D eigenvalue weighted by Crippen LogP contribution is -2.06. The van der Waals surface area contributed by atoms with Crippen molar-refractivity contribution in [3.05, 3.63) is 18.2 Å². The molecule has 0 aliphatic rings. The average Bonchev–Trinajstić information content (AvgIpc) is 2.16. The van der Waals surface area contributed by atoms with Gasteiger partial charge in [-0.2, -0.15) is 0 Å². The van der Waals surface area contributed by atoms with Gasteiger partial charge in [-0.3, -0.25) is 4.79 Å². The van der Waals surface area contributed by atoms with Crippen LogP contribution in [0.1, 0.15) is 6.92 Å². The van der Waals surface area contributed by atoms with E-state index in [0.29, 0.717) is 5.75 Å². The van der Waals surface area contributed by atoms with Crippen LogP contribution in [0.4, 0.5) is 11.4 Å². The van der Waals surface area contributed by atoms with Crippen LogP contribution >= 0.6 is 0 Å². The average molecular weight is 194 g/mol. The van der Waals surface area contributed by atoms with Gasteiger partial charge in [0.1, 0.15) is 5.75 Å². The molecule has 4 nitrogen and oxygen atoms in total. The number of methoxy groups -OCH3 is 1. The number of benzene rings is 1. The number of hydrogen-bond acceptors (Lipinski definition) is 3. The Morgan fingerprint density at radius 1 is 1.43 bits per heavy atom. The van der Waals surface area contributed by atoms with Crippen molar-refractivity contribution in [2.45, 2.75) is 6.92 Å². The van der Waals surface area contributed by atoms with Crippen molar-refractivity contribution in [1.82, 2.24) is 0 Å². The molecule has 0 aromatic heterocycles. The quantitative estimate of drug-likeness (QED) is 0.770. The minimum Gasteiger partial charge on any atom is -0.495 e. The molecule has 1 aromatic carbocycles. The van der Waals surface area contributed by atoms with Crippen LogP contribution in [0.5, 0.6) is 5.75 Å².